The van der Waals surface area contributed by atoms with Gasteiger partial charge in [-0.2, -0.15) is 0 Å². The van der Waals surface area contributed by atoms with Crippen LogP contribution >= 0.6 is 0 Å². The SMILES string of the molecule is Cc1nnc(C2COCCN2Cc2oc(C(C)C)nc2C)o1. The zero-order chi connectivity index (χ0) is 15.7. The molecule has 0 spiro atoms. The second-order valence-corrected chi connectivity index (χ2v) is 5.94. The second-order valence-electron chi connectivity index (χ2n) is 5.94. The van der Waals surface area contributed by atoms with E-state index in [2.05, 4.69) is 33.9 Å². The van der Waals surface area contributed by atoms with Crippen molar-refractivity contribution in [3.05, 3.63) is 29.1 Å². The van der Waals surface area contributed by atoms with Crippen molar-refractivity contribution in [1.29, 1.82) is 0 Å². The third-order valence-corrected chi connectivity index (χ3v) is 3.82. The van der Waals surface area contributed by atoms with E-state index in [1.165, 1.54) is 0 Å². The first kappa shape index (κ1) is 15.2. The summed E-state index contributed by atoms with van der Waals surface area (Å²) in [5, 5.41) is 8.05. The van der Waals surface area contributed by atoms with Crippen molar-refractivity contribution in [3.63, 3.8) is 0 Å². The molecule has 2 aromatic heterocycles. The van der Waals surface area contributed by atoms with E-state index in [0.717, 1.165) is 23.9 Å². The van der Waals surface area contributed by atoms with E-state index in [4.69, 9.17) is 13.6 Å². The molecular formula is C15H22N4O3. The molecule has 0 saturated carbocycles. The number of rotatable bonds is 4. The summed E-state index contributed by atoms with van der Waals surface area (Å²) in [5.74, 6) is 3.13. The molecule has 22 heavy (non-hydrogen) atoms. The Morgan fingerprint density at radius 3 is 2.68 bits per heavy atom. The third-order valence-electron chi connectivity index (χ3n) is 3.82. The zero-order valence-corrected chi connectivity index (χ0v) is 13.5. The Labute approximate surface area is 129 Å². The quantitative estimate of drug-likeness (QED) is 0.858. The summed E-state index contributed by atoms with van der Waals surface area (Å²) in [7, 11) is 0. The lowest BCUT2D eigenvalue weighted by Crippen LogP contribution is -2.39. The minimum atomic E-state index is -0.0399. The average molecular weight is 306 g/mol. The van der Waals surface area contributed by atoms with Gasteiger partial charge >= 0.3 is 0 Å². The first-order valence-corrected chi connectivity index (χ1v) is 7.62. The fourth-order valence-electron chi connectivity index (χ4n) is 2.53. The zero-order valence-electron chi connectivity index (χ0n) is 13.5. The largest absolute Gasteiger partial charge is 0.444 e. The molecule has 2 aromatic rings. The van der Waals surface area contributed by atoms with Crippen LogP contribution in [0, 0.1) is 13.8 Å². The van der Waals surface area contributed by atoms with Gasteiger partial charge in [-0.3, -0.25) is 4.90 Å². The maximum absolute atomic E-state index is 5.91. The summed E-state index contributed by atoms with van der Waals surface area (Å²) in [6.45, 7) is 10.6. The van der Waals surface area contributed by atoms with Crippen LogP contribution in [-0.4, -0.2) is 39.8 Å². The van der Waals surface area contributed by atoms with Gasteiger partial charge in [-0.25, -0.2) is 4.98 Å². The van der Waals surface area contributed by atoms with Crippen LogP contribution in [0.3, 0.4) is 0 Å². The lowest BCUT2D eigenvalue weighted by Gasteiger charge is -2.32. The minimum absolute atomic E-state index is 0.0399. The molecule has 7 heteroatoms. The molecule has 1 fully saturated rings. The lowest BCUT2D eigenvalue weighted by molar-refractivity contribution is -0.0253. The highest BCUT2D eigenvalue weighted by Crippen LogP contribution is 2.27. The molecule has 3 heterocycles. The molecule has 1 unspecified atom stereocenters. The van der Waals surface area contributed by atoms with Crippen molar-refractivity contribution in [3.8, 4) is 0 Å². The molecule has 0 radical (unpaired) electrons. The number of oxazole rings is 1. The standard InChI is InChI=1S/C15H22N4O3/c1-9(2)14-16-10(3)13(22-14)7-19-5-6-20-8-12(19)15-18-17-11(4)21-15/h9,12H,5-8H2,1-4H3. The summed E-state index contributed by atoms with van der Waals surface area (Å²) in [6.07, 6.45) is 0. The fourth-order valence-corrected chi connectivity index (χ4v) is 2.53. The van der Waals surface area contributed by atoms with Gasteiger partial charge in [0, 0.05) is 19.4 Å². The topological polar surface area (TPSA) is 77.4 Å². The van der Waals surface area contributed by atoms with Crippen molar-refractivity contribution in [2.75, 3.05) is 19.8 Å². The van der Waals surface area contributed by atoms with Crippen LogP contribution in [0.25, 0.3) is 0 Å². The van der Waals surface area contributed by atoms with Gasteiger partial charge in [-0.05, 0) is 6.92 Å². The fraction of sp³-hybridized carbons (Fsp3) is 0.667. The minimum Gasteiger partial charge on any atom is -0.444 e. The summed E-state index contributed by atoms with van der Waals surface area (Å²) >= 11 is 0. The van der Waals surface area contributed by atoms with Crippen LogP contribution in [0.5, 0.6) is 0 Å². The number of hydrogen-bond donors (Lipinski definition) is 0. The van der Waals surface area contributed by atoms with Crippen molar-refractivity contribution < 1.29 is 13.6 Å². The molecule has 0 N–H and O–H groups in total. The highest BCUT2D eigenvalue weighted by Gasteiger charge is 2.30. The molecule has 0 aliphatic carbocycles. The Kier molecular flexibility index (Phi) is 4.26. The molecule has 3 rings (SSSR count). The van der Waals surface area contributed by atoms with E-state index in [0.29, 0.717) is 31.5 Å². The maximum Gasteiger partial charge on any atom is 0.235 e. The molecule has 0 aromatic carbocycles. The number of morpholine rings is 1. The summed E-state index contributed by atoms with van der Waals surface area (Å²) in [6, 6.07) is -0.0399. The second kappa shape index (κ2) is 6.18. The number of aromatic nitrogens is 3. The maximum atomic E-state index is 5.91. The van der Waals surface area contributed by atoms with Crippen molar-refractivity contribution in [1.82, 2.24) is 20.1 Å². The molecule has 7 nitrogen and oxygen atoms in total. The molecule has 0 amide bonds. The number of nitrogens with zero attached hydrogens (tertiary/aromatic N) is 4. The predicted octanol–water partition coefficient (Wildman–Crippen LogP) is 2.37. The Bertz CT molecular complexity index is 635. The molecule has 1 atom stereocenters. The van der Waals surface area contributed by atoms with Crippen LogP contribution in [0.2, 0.25) is 0 Å². The Morgan fingerprint density at radius 1 is 1.23 bits per heavy atom. The summed E-state index contributed by atoms with van der Waals surface area (Å²) in [4.78, 5) is 6.75. The van der Waals surface area contributed by atoms with Crippen LogP contribution in [0.1, 0.15) is 54.9 Å². The van der Waals surface area contributed by atoms with Gasteiger partial charge in [-0.1, -0.05) is 13.8 Å². The van der Waals surface area contributed by atoms with Crippen LogP contribution < -0.4 is 0 Å². The van der Waals surface area contributed by atoms with E-state index in [9.17, 15) is 0 Å². The third kappa shape index (κ3) is 3.05. The summed E-state index contributed by atoms with van der Waals surface area (Å²) < 4.78 is 17.1. The van der Waals surface area contributed by atoms with Gasteiger partial charge in [0.05, 0.1) is 25.5 Å². The molecular weight excluding hydrogens is 284 g/mol. The average Bonchev–Trinajstić information content (AvgIpc) is 3.07. The smallest absolute Gasteiger partial charge is 0.235 e. The normalized spacial score (nSPS) is 20.0. The number of aryl methyl sites for hydroxylation is 2. The number of hydrogen-bond acceptors (Lipinski definition) is 7. The molecule has 120 valence electrons. The van der Waals surface area contributed by atoms with Gasteiger partial charge in [0.25, 0.3) is 0 Å². The van der Waals surface area contributed by atoms with E-state index >= 15 is 0 Å². The Balaban J connectivity index is 1.79. The molecule has 1 aliphatic rings. The highest BCUT2D eigenvalue weighted by atomic mass is 16.5. The van der Waals surface area contributed by atoms with Gasteiger partial charge in [-0.15, -0.1) is 10.2 Å². The Hall–Kier alpha value is -1.73. The van der Waals surface area contributed by atoms with Gasteiger partial charge in [0.2, 0.25) is 11.8 Å². The van der Waals surface area contributed by atoms with Crippen molar-refractivity contribution >= 4 is 0 Å². The molecule has 1 saturated heterocycles. The van der Waals surface area contributed by atoms with Crippen LogP contribution in [-0.2, 0) is 11.3 Å². The summed E-state index contributed by atoms with van der Waals surface area (Å²) in [5.41, 5.74) is 0.940. The first-order chi connectivity index (χ1) is 10.5. The monoisotopic (exact) mass is 306 g/mol. The van der Waals surface area contributed by atoms with Crippen LogP contribution in [0.4, 0.5) is 0 Å². The Morgan fingerprint density at radius 2 is 2.05 bits per heavy atom. The first-order valence-electron chi connectivity index (χ1n) is 7.62. The van der Waals surface area contributed by atoms with Gasteiger partial charge in [0.15, 0.2) is 5.89 Å². The van der Waals surface area contributed by atoms with Gasteiger partial charge < -0.3 is 13.6 Å². The lowest BCUT2D eigenvalue weighted by atomic mass is 10.2. The van der Waals surface area contributed by atoms with Gasteiger partial charge in [0.1, 0.15) is 11.8 Å². The highest BCUT2D eigenvalue weighted by molar-refractivity contribution is 5.10. The molecule has 1 aliphatic heterocycles. The van der Waals surface area contributed by atoms with Crippen molar-refractivity contribution in [2.24, 2.45) is 0 Å². The van der Waals surface area contributed by atoms with Crippen LogP contribution in [0.15, 0.2) is 8.83 Å². The van der Waals surface area contributed by atoms with E-state index in [1.807, 2.05) is 6.92 Å². The van der Waals surface area contributed by atoms with E-state index < -0.39 is 0 Å². The predicted molar refractivity (Wildman–Crippen MR) is 78.3 cm³/mol. The van der Waals surface area contributed by atoms with Crippen molar-refractivity contribution in [2.45, 2.75) is 46.2 Å². The molecule has 0 bridgehead atoms. The number of ether oxygens (including phenoxy) is 1. The van der Waals surface area contributed by atoms with E-state index in [-0.39, 0.29) is 12.0 Å². The van der Waals surface area contributed by atoms with E-state index in [1.54, 1.807) is 6.92 Å².